The Balaban J connectivity index is 1.86. The average Bonchev–Trinajstić information content (AvgIpc) is 3.01. The van der Waals surface area contributed by atoms with Gasteiger partial charge in [0.2, 0.25) is 11.8 Å². The molecule has 1 saturated heterocycles. The molecule has 0 spiro atoms. The van der Waals surface area contributed by atoms with Gasteiger partial charge in [-0.3, -0.25) is 14.7 Å². The quantitative estimate of drug-likeness (QED) is 0.867. The van der Waals surface area contributed by atoms with Gasteiger partial charge in [-0.1, -0.05) is 30.0 Å². The van der Waals surface area contributed by atoms with Gasteiger partial charge in [0.25, 0.3) is 0 Å². The lowest BCUT2D eigenvalue weighted by molar-refractivity contribution is -0.121. The molecule has 1 fully saturated rings. The third-order valence-corrected chi connectivity index (χ3v) is 4.18. The van der Waals surface area contributed by atoms with E-state index in [9.17, 15) is 9.59 Å². The third-order valence-electron chi connectivity index (χ3n) is 3.11. The number of aromatic amines is 1. The highest BCUT2D eigenvalue weighted by Crippen LogP contribution is 2.33. The van der Waals surface area contributed by atoms with Crippen LogP contribution in [0.3, 0.4) is 0 Å². The summed E-state index contributed by atoms with van der Waals surface area (Å²) in [5.74, 6) is -0.382. The van der Waals surface area contributed by atoms with Crippen molar-refractivity contribution in [3.63, 3.8) is 0 Å². The number of amides is 2. The molecule has 2 amide bonds. The molecule has 6 nitrogen and oxygen atoms in total. The Morgan fingerprint density at radius 2 is 2.15 bits per heavy atom. The molecule has 2 heterocycles. The maximum absolute atomic E-state index is 12.4. The van der Waals surface area contributed by atoms with Gasteiger partial charge in [-0.15, -0.1) is 0 Å². The van der Waals surface area contributed by atoms with Gasteiger partial charge < -0.3 is 0 Å². The molecule has 20 heavy (non-hydrogen) atoms. The first kappa shape index (κ1) is 12.9. The standard InChI is InChI=1S/C13H12N4O2S/c1-8-4-2-3-5-9(8)17-11(18)6-10(12(17)19)20-13-14-7-15-16-13/h2-5,7,10H,6H2,1H3,(H,14,15,16)/t10-/m1/s1. The lowest BCUT2D eigenvalue weighted by atomic mass is 10.2. The lowest BCUT2D eigenvalue weighted by Crippen LogP contribution is -2.31. The summed E-state index contributed by atoms with van der Waals surface area (Å²) in [6, 6.07) is 7.36. The highest BCUT2D eigenvalue weighted by Gasteiger charge is 2.41. The molecular formula is C13H12N4O2S. The van der Waals surface area contributed by atoms with Crippen LogP contribution in [0.15, 0.2) is 35.7 Å². The Bertz CT molecular complexity index is 656. The molecule has 0 unspecified atom stereocenters. The second-order valence-corrected chi connectivity index (χ2v) is 5.65. The number of para-hydroxylation sites is 1. The molecule has 0 radical (unpaired) electrons. The number of carbonyl (C=O) groups is 2. The van der Waals surface area contributed by atoms with Crippen molar-refractivity contribution in [3.8, 4) is 0 Å². The van der Waals surface area contributed by atoms with Crippen LogP contribution in [0.5, 0.6) is 0 Å². The zero-order valence-corrected chi connectivity index (χ0v) is 11.6. The number of nitrogens with zero attached hydrogens (tertiary/aromatic N) is 3. The van der Waals surface area contributed by atoms with E-state index in [4.69, 9.17) is 0 Å². The molecule has 0 aliphatic carbocycles. The summed E-state index contributed by atoms with van der Waals surface area (Å²) in [5.41, 5.74) is 1.56. The minimum Gasteiger partial charge on any atom is -0.274 e. The number of H-pyrrole nitrogens is 1. The molecule has 1 aliphatic rings. The summed E-state index contributed by atoms with van der Waals surface area (Å²) in [7, 11) is 0. The van der Waals surface area contributed by atoms with Crippen molar-refractivity contribution < 1.29 is 9.59 Å². The van der Waals surface area contributed by atoms with Gasteiger partial charge in [0.05, 0.1) is 5.69 Å². The SMILES string of the molecule is Cc1ccccc1N1C(=O)C[C@@H](Sc2ncn[nH]2)C1=O. The van der Waals surface area contributed by atoms with Gasteiger partial charge >= 0.3 is 0 Å². The zero-order chi connectivity index (χ0) is 14.1. The van der Waals surface area contributed by atoms with Gasteiger partial charge in [0.15, 0.2) is 5.16 Å². The Hall–Kier alpha value is -2.15. The van der Waals surface area contributed by atoms with E-state index in [0.29, 0.717) is 10.8 Å². The molecule has 7 heteroatoms. The monoisotopic (exact) mass is 288 g/mol. The number of aromatic nitrogens is 3. The summed E-state index contributed by atoms with van der Waals surface area (Å²) >= 11 is 1.23. The molecule has 2 aromatic rings. The van der Waals surface area contributed by atoms with E-state index in [0.717, 1.165) is 5.56 Å². The minimum absolute atomic E-state index is 0.179. The molecule has 102 valence electrons. The van der Waals surface area contributed by atoms with Crippen LogP contribution < -0.4 is 4.90 Å². The fourth-order valence-electron chi connectivity index (χ4n) is 2.15. The van der Waals surface area contributed by atoms with Crippen LogP contribution in [0, 0.1) is 6.92 Å². The topological polar surface area (TPSA) is 79.0 Å². The van der Waals surface area contributed by atoms with Crippen molar-refractivity contribution in [1.29, 1.82) is 0 Å². The van der Waals surface area contributed by atoms with Crippen molar-refractivity contribution in [2.75, 3.05) is 4.90 Å². The van der Waals surface area contributed by atoms with E-state index < -0.39 is 5.25 Å². The Labute approximate surface area is 119 Å². The number of carbonyl (C=O) groups excluding carboxylic acids is 2. The summed E-state index contributed by atoms with van der Waals surface area (Å²) in [6.45, 7) is 1.88. The highest BCUT2D eigenvalue weighted by atomic mass is 32.2. The van der Waals surface area contributed by atoms with Gasteiger partial charge in [-0.2, -0.15) is 5.10 Å². The number of aryl methyl sites for hydroxylation is 1. The van der Waals surface area contributed by atoms with E-state index >= 15 is 0 Å². The van der Waals surface area contributed by atoms with Crippen molar-refractivity contribution in [2.24, 2.45) is 0 Å². The van der Waals surface area contributed by atoms with Crippen LogP contribution in [0.4, 0.5) is 5.69 Å². The highest BCUT2D eigenvalue weighted by molar-refractivity contribution is 8.00. The second-order valence-electron chi connectivity index (χ2n) is 4.46. The lowest BCUT2D eigenvalue weighted by Gasteiger charge is -2.16. The van der Waals surface area contributed by atoms with Crippen LogP contribution in [0.2, 0.25) is 0 Å². The second kappa shape index (κ2) is 5.09. The maximum Gasteiger partial charge on any atom is 0.247 e. The van der Waals surface area contributed by atoms with Gasteiger partial charge in [-0.05, 0) is 18.6 Å². The van der Waals surface area contributed by atoms with Gasteiger partial charge in [0.1, 0.15) is 11.6 Å². The van der Waals surface area contributed by atoms with Crippen LogP contribution in [0.25, 0.3) is 0 Å². The van der Waals surface area contributed by atoms with Gasteiger partial charge in [0, 0.05) is 6.42 Å². The molecule has 0 saturated carbocycles. The van der Waals surface area contributed by atoms with Crippen LogP contribution >= 0.6 is 11.8 Å². The fourth-order valence-corrected chi connectivity index (χ4v) is 3.06. The van der Waals surface area contributed by atoms with Crippen molar-refractivity contribution in [3.05, 3.63) is 36.2 Å². The fraction of sp³-hybridized carbons (Fsp3) is 0.231. The first-order valence-electron chi connectivity index (χ1n) is 6.11. The van der Waals surface area contributed by atoms with E-state index in [1.807, 2.05) is 25.1 Å². The Morgan fingerprint density at radius 1 is 1.35 bits per heavy atom. The summed E-state index contributed by atoms with van der Waals surface area (Å²) < 4.78 is 0. The van der Waals surface area contributed by atoms with Crippen molar-refractivity contribution >= 4 is 29.3 Å². The molecule has 1 N–H and O–H groups in total. The van der Waals surface area contributed by atoms with E-state index in [-0.39, 0.29) is 18.2 Å². The number of rotatable bonds is 3. The summed E-state index contributed by atoms with van der Waals surface area (Å²) in [5, 5.41) is 6.51. The smallest absolute Gasteiger partial charge is 0.247 e. The first-order chi connectivity index (χ1) is 9.66. The average molecular weight is 288 g/mol. The van der Waals surface area contributed by atoms with Gasteiger partial charge in [-0.25, -0.2) is 9.88 Å². The minimum atomic E-state index is -0.449. The number of thioether (sulfide) groups is 1. The molecule has 0 bridgehead atoms. The molecule has 1 aromatic heterocycles. The van der Waals surface area contributed by atoms with E-state index in [1.54, 1.807) is 6.07 Å². The van der Waals surface area contributed by atoms with E-state index in [1.165, 1.54) is 23.0 Å². The molecule has 1 aliphatic heterocycles. The number of benzene rings is 1. The summed E-state index contributed by atoms with van der Waals surface area (Å²) in [4.78, 5) is 29.8. The first-order valence-corrected chi connectivity index (χ1v) is 6.99. The van der Waals surface area contributed by atoms with Crippen molar-refractivity contribution in [1.82, 2.24) is 15.2 Å². The van der Waals surface area contributed by atoms with E-state index in [2.05, 4.69) is 15.2 Å². The number of imide groups is 1. The third kappa shape index (κ3) is 2.20. The number of hydrogen-bond acceptors (Lipinski definition) is 5. The molecule has 3 rings (SSSR count). The predicted octanol–water partition coefficient (Wildman–Crippen LogP) is 1.54. The van der Waals surface area contributed by atoms with Crippen molar-refractivity contribution in [2.45, 2.75) is 23.8 Å². The largest absolute Gasteiger partial charge is 0.274 e. The van der Waals surface area contributed by atoms with Crippen LogP contribution in [-0.4, -0.2) is 32.2 Å². The Morgan fingerprint density at radius 3 is 2.85 bits per heavy atom. The van der Waals surface area contributed by atoms with Crippen LogP contribution in [-0.2, 0) is 9.59 Å². The Kier molecular flexibility index (Phi) is 3.27. The molecule has 1 atom stereocenters. The predicted molar refractivity (Wildman–Crippen MR) is 74.3 cm³/mol. The summed E-state index contributed by atoms with van der Waals surface area (Å²) in [6.07, 6.45) is 1.56. The van der Waals surface area contributed by atoms with Crippen LogP contribution in [0.1, 0.15) is 12.0 Å². The molecular weight excluding hydrogens is 276 g/mol. The number of nitrogens with one attached hydrogen (secondary N) is 1. The maximum atomic E-state index is 12.4. The molecule has 1 aromatic carbocycles. The zero-order valence-electron chi connectivity index (χ0n) is 10.7. The number of hydrogen-bond donors (Lipinski definition) is 1. The number of anilines is 1. The normalized spacial score (nSPS) is 18.9.